The summed E-state index contributed by atoms with van der Waals surface area (Å²) in [4.78, 5) is 0. The van der Waals surface area contributed by atoms with Crippen molar-refractivity contribution in [3.8, 4) is 5.75 Å². The van der Waals surface area contributed by atoms with Crippen molar-refractivity contribution in [2.75, 3.05) is 7.11 Å². The number of hydrogen-bond donors (Lipinski definition) is 1. The molecule has 3 heteroatoms. The Morgan fingerprint density at radius 1 is 1.58 bits per heavy atom. The van der Waals surface area contributed by atoms with Crippen molar-refractivity contribution in [1.29, 1.82) is 0 Å². The summed E-state index contributed by atoms with van der Waals surface area (Å²) in [6.45, 7) is 0.466. The smallest absolute Gasteiger partial charge is 0.185 e. The van der Waals surface area contributed by atoms with Crippen LogP contribution < -0.4 is 4.74 Å². The summed E-state index contributed by atoms with van der Waals surface area (Å²) in [6.07, 6.45) is -0.823. The fraction of sp³-hybridized carbons (Fsp3) is 0.333. The summed E-state index contributed by atoms with van der Waals surface area (Å²) in [5.41, 5.74) is 1.77. The molecule has 1 heterocycles. The van der Waals surface area contributed by atoms with Crippen molar-refractivity contribution in [2.45, 2.75) is 12.9 Å². The number of methoxy groups -OCH3 is 1. The van der Waals surface area contributed by atoms with Crippen LogP contribution in [0.5, 0.6) is 5.75 Å². The van der Waals surface area contributed by atoms with Crippen LogP contribution in [0, 0.1) is 0 Å². The van der Waals surface area contributed by atoms with Gasteiger partial charge in [0, 0.05) is 0 Å². The number of aliphatic hydroxyl groups is 1. The molecule has 0 saturated carbocycles. The van der Waals surface area contributed by atoms with Gasteiger partial charge >= 0.3 is 0 Å². The van der Waals surface area contributed by atoms with Gasteiger partial charge in [-0.25, -0.2) is 0 Å². The maximum atomic E-state index is 9.39. The van der Waals surface area contributed by atoms with Crippen LogP contribution in [0.4, 0.5) is 0 Å². The van der Waals surface area contributed by atoms with Gasteiger partial charge < -0.3 is 14.6 Å². The van der Waals surface area contributed by atoms with Gasteiger partial charge in [-0.2, -0.15) is 0 Å². The van der Waals surface area contributed by atoms with E-state index in [0.717, 1.165) is 11.1 Å². The molecule has 1 N–H and O–H groups in total. The predicted molar refractivity (Wildman–Crippen MR) is 42.7 cm³/mol. The van der Waals surface area contributed by atoms with E-state index in [-0.39, 0.29) is 0 Å². The Hall–Kier alpha value is -1.06. The van der Waals surface area contributed by atoms with Crippen LogP contribution in [0.2, 0.25) is 0 Å². The summed E-state index contributed by atoms with van der Waals surface area (Å²) >= 11 is 0. The van der Waals surface area contributed by atoms with E-state index in [4.69, 9.17) is 9.47 Å². The number of fused-ring (bicyclic) bond motifs is 1. The van der Waals surface area contributed by atoms with Crippen molar-refractivity contribution in [2.24, 2.45) is 0 Å². The molecule has 64 valence electrons. The van der Waals surface area contributed by atoms with Gasteiger partial charge in [0.25, 0.3) is 0 Å². The van der Waals surface area contributed by atoms with Crippen LogP contribution in [-0.2, 0) is 11.3 Å². The Labute approximate surface area is 70.5 Å². The highest BCUT2D eigenvalue weighted by Gasteiger charge is 2.24. The van der Waals surface area contributed by atoms with Crippen molar-refractivity contribution >= 4 is 0 Å². The van der Waals surface area contributed by atoms with E-state index in [0.29, 0.717) is 12.4 Å². The second-order valence-electron chi connectivity index (χ2n) is 2.70. The molecular weight excluding hydrogens is 156 g/mol. The second-order valence-corrected chi connectivity index (χ2v) is 2.70. The minimum Gasteiger partial charge on any atom is -0.496 e. The highest BCUT2D eigenvalue weighted by atomic mass is 16.6. The zero-order valence-corrected chi connectivity index (χ0v) is 6.78. The molecule has 12 heavy (non-hydrogen) atoms. The molecule has 1 aromatic rings. The Morgan fingerprint density at radius 2 is 2.42 bits per heavy atom. The molecule has 1 aliphatic rings. The number of rotatable bonds is 1. The van der Waals surface area contributed by atoms with Crippen LogP contribution in [0.3, 0.4) is 0 Å². The number of aliphatic hydroxyl groups excluding tert-OH is 1. The van der Waals surface area contributed by atoms with E-state index in [1.54, 1.807) is 7.11 Å². The van der Waals surface area contributed by atoms with E-state index >= 15 is 0 Å². The quantitative estimate of drug-likeness (QED) is 0.681. The normalized spacial score (nSPS) is 20.7. The number of ether oxygens (including phenoxy) is 2. The lowest BCUT2D eigenvalue weighted by Gasteiger charge is -2.07. The zero-order chi connectivity index (χ0) is 8.55. The predicted octanol–water partition coefficient (Wildman–Crippen LogP) is 1.22. The zero-order valence-electron chi connectivity index (χ0n) is 6.78. The molecule has 2 rings (SSSR count). The number of hydrogen-bond acceptors (Lipinski definition) is 3. The van der Waals surface area contributed by atoms with Gasteiger partial charge in [0.1, 0.15) is 5.75 Å². The highest BCUT2D eigenvalue weighted by molar-refractivity contribution is 5.42. The van der Waals surface area contributed by atoms with Gasteiger partial charge in [-0.15, -0.1) is 0 Å². The summed E-state index contributed by atoms with van der Waals surface area (Å²) in [7, 11) is 1.58. The lowest BCUT2D eigenvalue weighted by Crippen LogP contribution is -1.96. The first-order valence-electron chi connectivity index (χ1n) is 3.78. The molecule has 0 bridgehead atoms. The first-order chi connectivity index (χ1) is 5.83. The van der Waals surface area contributed by atoms with Crippen molar-refractivity contribution < 1.29 is 14.6 Å². The van der Waals surface area contributed by atoms with Crippen LogP contribution in [0.1, 0.15) is 17.4 Å². The van der Waals surface area contributed by atoms with Crippen LogP contribution >= 0.6 is 0 Å². The monoisotopic (exact) mass is 166 g/mol. The summed E-state index contributed by atoms with van der Waals surface area (Å²) < 4.78 is 10.1. The minimum atomic E-state index is -0.823. The maximum absolute atomic E-state index is 9.39. The standard InChI is InChI=1S/C9H10O3/c1-11-7-4-2-3-6-5-12-9(10)8(6)7/h2-4,9-10H,5H2,1H3. The van der Waals surface area contributed by atoms with Crippen molar-refractivity contribution in [3.05, 3.63) is 29.3 Å². The third kappa shape index (κ3) is 0.983. The largest absolute Gasteiger partial charge is 0.496 e. The lowest BCUT2D eigenvalue weighted by molar-refractivity contribution is -0.0925. The average molecular weight is 166 g/mol. The van der Waals surface area contributed by atoms with Gasteiger partial charge in [-0.1, -0.05) is 12.1 Å². The summed E-state index contributed by atoms with van der Waals surface area (Å²) in [5.74, 6) is 0.692. The Kier molecular flexibility index (Phi) is 1.75. The van der Waals surface area contributed by atoms with E-state index in [1.165, 1.54) is 0 Å². The van der Waals surface area contributed by atoms with Gasteiger partial charge in [-0.3, -0.25) is 0 Å². The topological polar surface area (TPSA) is 38.7 Å². The molecule has 1 aromatic carbocycles. The summed E-state index contributed by atoms with van der Waals surface area (Å²) in [5, 5.41) is 9.39. The third-order valence-electron chi connectivity index (χ3n) is 2.02. The van der Waals surface area contributed by atoms with Gasteiger partial charge in [0.2, 0.25) is 0 Å². The van der Waals surface area contributed by atoms with Crippen LogP contribution in [0.25, 0.3) is 0 Å². The molecule has 0 radical (unpaired) electrons. The fourth-order valence-corrected chi connectivity index (χ4v) is 1.43. The van der Waals surface area contributed by atoms with Gasteiger partial charge in [0.05, 0.1) is 19.3 Å². The molecule has 1 atom stereocenters. The van der Waals surface area contributed by atoms with E-state index in [1.807, 2.05) is 18.2 Å². The average Bonchev–Trinajstić information content (AvgIpc) is 2.48. The first kappa shape index (κ1) is 7.58. The first-order valence-corrected chi connectivity index (χ1v) is 3.78. The molecular formula is C9H10O3. The Morgan fingerprint density at radius 3 is 3.17 bits per heavy atom. The highest BCUT2D eigenvalue weighted by Crippen LogP contribution is 2.35. The Balaban J connectivity index is 2.53. The third-order valence-corrected chi connectivity index (χ3v) is 2.02. The molecule has 1 aliphatic heterocycles. The van der Waals surface area contributed by atoms with Crippen molar-refractivity contribution in [1.82, 2.24) is 0 Å². The lowest BCUT2D eigenvalue weighted by atomic mass is 10.1. The molecule has 1 unspecified atom stereocenters. The molecule has 0 aliphatic carbocycles. The van der Waals surface area contributed by atoms with E-state index < -0.39 is 6.29 Å². The molecule has 0 spiro atoms. The van der Waals surface area contributed by atoms with E-state index in [9.17, 15) is 5.11 Å². The molecule has 0 saturated heterocycles. The molecule has 0 aromatic heterocycles. The fourth-order valence-electron chi connectivity index (χ4n) is 1.43. The molecule has 0 amide bonds. The minimum absolute atomic E-state index is 0.466. The molecule has 0 fully saturated rings. The van der Waals surface area contributed by atoms with Gasteiger partial charge in [0.15, 0.2) is 6.29 Å². The SMILES string of the molecule is COc1cccc2c1C(O)OC2. The van der Waals surface area contributed by atoms with E-state index in [2.05, 4.69) is 0 Å². The van der Waals surface area contributed by atoms with Gasteiger partial charge in [-0.05, 0) is 11.6 Å². The maximum Gasteiger partial charge on any atom is 0.185 e. The summed E-state index contributed by atoms with van der Waals surface area (Å²) in [6, 6.07) is 5.63. The number of benzene rings is 1. The molecule has 3 nitrogen and oxygen atoms in total. The van der Waals surface area contributed by atoms with Crippen molar-refractivity contribution in [3.63, 3.8) is 0 Å². The Bertz CT molecular complexity index is 296. The van der Waals surface area contributed by atoms with Crippen LogP contribution in [0.15, 0.2) is 18.2 Å². The van der Waals surface area contributed by atoms with Crippen LogP contribution in [-0.4, -0.2) is 12.2 Å². The second kappa shape index (κ2) is 2.77.